The SMILES string of the molecule is CC1CC(O)(C2Cc3ccccc3N2)CN1C. The van der Waals surface area contributed by atoms with E-state index in [9.17, 15) is 5.11 Å². The van der Waals surface area contributed by atoms with Gasteiger partial charge in [0.15, 0.2) is 0 Å². The summed E-state index contributed by atoms with van der Waals surface area (Å²) >= 11 is 0. The van der Waals surface area contributed by atoms with E-state index in [1.54, 1.807) is 0 Å². The Morgan fingerprint density at radius 3 is 2.82 bits per heavy atom. The number of aliphatic hydroxyl groups is 1. The molecule has 1 fully saturated rings. The molecular weight excluding hydrogens is 212 g/mol. The lowest BCUT2D eigenvalue weighted by molar-refractivity contribution is 0.0339. The van der Waals surface area contributed by atoms with Crippen LogP contribution in [0.4, 0.5) is 5.69 Å². The molecule has 0 amide bonds. The molecule has 2 heterocycles. The van der Waals surface area contributed by atoms with E-state index in [1.807, 2.05) is 6.07 Å². The van der Waals surface area contributed by atoms with Crippen LogP contribution in [0, 0.1) is 0 Å². The van der Waals surface area contributed by atoms with E-state index in [0.29, 0.717) is 6.04 Å². The van der Waals surface area contributed by atoms with Crippen LogP contribution in [0.15, 0.2) is 24.3 Å². The molecule has 17 heavy (non-hydrogen) atoms. The van der Waals surface area contributed by atoms with Gasteiger partial charge in [0.25, 0.3) is 0 Å². The van der Waals surface area contributed by atoms with Gasteiger partial charge in [-0.25, -0.2) is 0 Å². The van der Waals surface area contributed by atoms with Crippen LogP contribution in [-0.2, 0) is 6.42 Å². The third-order valence-electron chi connectivity index (χ3n) is 4.34. The summed E-state index contributed by atoms with van der Waals surface area (Å²) in [5.41, 5.74) is 1.92. The first-order chi connectivity index (χ1) is 8.08. The van der Waals surface area contributed by atoms with Crippen molar-refractivity contribution in [2.45, 2.75) is 37.5 Å². The van der Waals surface area contributed by atoms with Gasteiger partial charge in [0.1, 0.15) is 0 Å². The van der Waals surface area contributed by atoms with Gasteiger partial charge in [-0.15, -0.1) is 0 Å². The van der Waals surface area contributed by atoms with Crippen LogP contribution in [-0.4, -0.2) is 41.3 Å². The summed E-state index contributed by atoms with van der Waals surface area (Å²) in [5.74, 6) is 0. The molecule has 3 heteroatoms. The Morgan fingerprint density at radius 1 is 1.41 bits per heavy atom. The highest BCUT2D eigenvalue weighted by molar-refractivity contribution is 5.57. The fourth-order valence-electron chi connectivity index (χ4n) is 3.19. The van der Waals surface area contributed by atoms with Crippen LogP contribution in [0.25, 0.3) is 0 Å². The molecule has 1 aromatic rings. The van der Waals surface area contributed by atoms with Crippen molar-refractivity contribution in [1.29, 1.82) is 0 Å². The number of β-amino-alcohol motifs (C(OH)–C–C–N with tert-alkyl or cyclic N) is 1. The van der Waals surface area contributed by atoms with Crippen molar-refractivity contribution in [3.8, 4) is 0 Å². The Morgan fingerprint density at radius 2 is 2.18 bits per heavy atom. The van der Waals surface area contributed by atoms with Gasteiger partial charge in [0.05, 0.1) is 11.6 Å². The highest BCUT2D eigenvalue weighted by Crippen LogP contribution is 2.36. The lowest BCUT2D eigenvalue weighted by Crippen LogP contribution is -2.47. The van der Waals surface area contributed by atoms with E-state index < -0.39 is 5.60 Å². The number of para-hydroxylation sites is 1. The molecule has 2 N–H and O–H groups in total. The number of nitrogens with zero attached hydrogens (tertiary/aromatic N) is 1. The summed E-state index contributed by atoms with van der Waals surface area (Å²) < 4.78 is 0. The van der Waals surface area contributed by atoms with E-state index >= 15 is 0 Å². The first-order valence-electron chi connectivity index (χ1n) is 6.35. The van der Waals surface area contributed by atoms with Gasteiger partial charge in [-0.2, -0.15) is 0 Å². The van der Waals surface area contributed by atoms with Crippen molar-refractivity contribution in [3.05, 3.63) is 29.8 Å². The highest BCUT2D eigenvalue weighted by Gasteiger charge is 2.46. The van der Waals surface area contributed by atoms with Crippen LogP contribution in [0.2, 0.25) is 0 Å². The minimum absolute atomic E-state index is 0.160. The molecule has 1 saturated heterocycles. The molecule has 3 rings (SSSR count). The predicted molar refractivity (Wildman–Crippen MR) is 69.2 cm³/mol. The van der Waals surface area contributed by atoms with Crippen LogP contribution in [0.5, 0.6) is 0 Å². The molecule has 92 valence electrons. The summed E-state index contributed by atoms with van der Waals surface area (Å²) in [4.78, 5) is 2.24. The number of rotatable bonds is 1. The van der Waals surface area contributed by atoms with Crippen LogP contribution in [0.1, 0.15) is 18.9 Å². The number of hydrogen-bond acceptors (Lipinski definition) is 3. The maximum absolute atomic E-state index is 10.8. The van der Waals surface area contributed by atoms with E-state index in [1.165, 1.54) is 11.3 Å². The smallest absolute Gasteiger partial charge is 0.0991 e. The van der Waals surface area contributed by atoms with E-state index in [0.717, 1.165) is 19.4 Å². The summed E-state index contributed by atoms with van der Waals surface area (Å²) in [6.45, 7) is 2.94. The molecular formula is C14H20N2O. The monoisotopic (exact) mass is 232 g/mol. The summed E-state index contributed by atoms with van der Waals surface area (Å²) in [6.07, 6.45) is 1.79. The number of likely N-dealkylation sites (tertiary alicyclic amines) is 1. The zero-order chi connectivity index (χ0) is 12.0. The number of fused-ring (bicyclic) bond motifs is 1. The second kappa shape index (κ2) is 3.72. The topological polar surface area (TPSA) is 35.5 Å². The number of hydrogen-bond donors (Lipinski definition) is 2. The molecule has 0 aliphatic carbocycles. The van der Waals surface area contributed by atoms with Crippen molar-refractivity contribution in [1.82, 2.24) is 4.90 Å². The molecule has 3 nitrogen and oxygen atoms in total. The Labute approximate surface area is 102 Å². The van der Waals surface area contributed by atoms with Gasteiger partial charge in [-0.1, -0.05) is 18.2 Å². The number of benzene rings is 1. The molecule has 0 aromatic heterocycles. The maximum atomic E-state index is 10.8. The minimum Gasteiger partial charge on any atom is -0.386 e. The zero-order valence-corrected chi connectivity index (χ0v) is 10.5. The second-order valence-electron chi connectivity index (χ2n) is 5.63. The Bertz CT molecular complexity index is 397. The number of likely N-dealkylation sites (N-methyl/N-ethyl adjacent to an activating group) is 1. The Hall–Kier alpha value is -1.06. The average Bonchev–Trinajstić information content (AvgIpc) is 2.82. The normalized spacial score (nSPS) is 36.9. The largest absolute Gasteiger partial charge is 0.386 e. The van der Waals surface area contributed by atoms with Gasteiger partial charge in [-0.05, 0) is 38.4 Å². The van der Waals surface area contributed by atoms with Gasteiger partial charge in [0, 0.05) is 18.3 Å². The third kappa shape index (κ3) is 1.74. The van der Waals surface area contributed by atoms with Crippen LogP contribution < -0.4 is 5.32 Å². The Kier molecular flexibility index (Phi) is 2.42. The van der Waals surface area contributed by atoms with Gasteiger partial charge >= 0.3 is 0 Å². The molecule has 0 spiro atoms. The van der Waals surface area contributed by atoms with E-state index in [2.05, 4.69) is 42.4 Å². The maximum Gasteiger partial charge on any atom is 0.0991 e. The molecule has 2 aliphatic heterocycles. The molecule has 0 saturated carbocycles. The molecule has 2 aliphatic rings. The highest BCUT2D eigenvalue weighted by atomic mass is 16.3. The van der Waals surface area contributed by atoms with E-state index in [4.69, 9.17) is 0 Å². The van der Waals surface area contributed by atoms with Crippen molar-refractivity contribution < 1.29 is 5.11 Å². The lowest BCUT2D eigenvalue weighted by atomic mass is 9.89. The fourth-order valence-corrected chi connectivity index (χ4v) is 3.19. The number of nitrogens with one attached hydrogen (secondary N) is 1. The van der Waals surface area contributed by atoms with Crippen molar-refractivity contribution in [2.75, 3.05) is 18.9 Å². The third-order valence-corrected chi connectivity index (χ3v) is 4.34. The van der Waals surface area contributed by atoms with Gasteiger partial charge in [-0.3, -0.25) is 0 Å². The second-order valence-corrected chi connectivity index (χ2v) is 5.63. The van der Waals surface area contributed by atoms with Gasteiger partial charge in [0.2, 0.25) is 0 Å². The standard InChI is InChI=1S/C14H20N2O/c1-10-8-14(17,9-16(10)2)13-7-11-5-3-4-6-12(11)15-13/h3-6,10,13,15,17H,7-9H2,1-2H3. The minimum atomic E-state index is -0.590. The summed E-state index contributed by atoms with van der Waals surface area (Å²) in [7, 11) is 2.09. The van der Waals surface area contributed by atoms with E-state index in [-0.39, 0.29) is 6.04 Å². The summed E-state index contributed by atoms with van der Waals surface area (Å²) in [5, 5.41) is 14.3. The van der Waals surface area contributed by atoms with Crippen LogP contribution >= 0.6 is 0 Å². The fraction of sp³-hybridized carbons (Fsp3) is 0.571. The molecule has 0 bridgehead atoms. The predicted octanol–water partition coefficient (Wildman–Crippen LogP) is 1.48. The van der Waals surface area contributed by atoms with Crippen molar-refractivity contribution >= 4 is 5.69 Å². The first kappa shape index (κ1) is 11.1. The molecule has 3 atom stereocenters. The molecule has 3 unspecified atom stereocenters. The quantitative estimate of drug-likeness (QED) is 0.770. The molecule has 1 aromatic carbocycles. The van der Waals surface area contributed by atoms with Crippen molar-refractivity contribution in [2.24, 2.45) is 0 Å². The molecule has 0 radical (unpaired) electrons. The first-order valence-corrected chi connectivity index (χ1v) is 6.35. The van der Waals surface area contributed by atoms with Gasteiger partial charge < -0.3 is 15.3 Å². The number of anilines is 1. The summed E-state index contributed by atoms with van der Waals surface area (Å²) in [6, 6.07) is 8.98. The lowest BCUT2D eigenvalue weighted by Gasteiger charge is -2.30. The average molecular weight is 232 g/mol. The van der Waals surface area contributed by atoms with Crippen molar-refractivity contribution in [3.63, 3.8) is 0 Å². The van der Waals surface area contributed by atoms with Crippen LogP contribution in [0.3, 0.4) is 0 Å². The zero-order valence-electron chi connectivity index (χ0n) is 10.5. The Balaban J connectivity index is 1.81.